The highest BCUT2D eigenvalue weighted by molar-refractivity contribution is 5.90. The Kier molecular flexibility index (Phi) is 12.0. The predicted molar refractivity (Wildman–Crippen MR) is 110 cm³/mol. The number of hydrogen-bond acceptors (Lipinski definition) is 5. The number of rotatable bonds is 16. The molecule has 0 aromatic heterocycles. The van der Waals surface area contributed by atoms with E-state index >= 15 is 0 Å². The van der Waals surface area contributed by atoms with E-state index in [0.29, 0.717) is 19.4 Å². The SMILES string of the molecule is CCCCCCCCCCC(C(=O)O)N1CCCC1C(=O)C(N)CCC(N)=O. The molecule has 3 unspecified atom stereocenters. The van der Waals surface area contributed by atoms with Gasteiger partial charge in [-0.1, -0.05) is 58.3 Å². The van der Waals surface area contributed by atoms with Crippen LogP contribution in [0.5, 0.6) is 0 Å². The van der Waals surface area contributed by atoms with Crippen LogP contribution in [0.2, 0.25) is 0 Å². The Hall–Kier alpha value is -1.47. The number of aliphatic carboxylic acids is 1. The number of ketones is 1. The molecule has 28 heavy (non-hydrogen) atoms. The number of likely N-dealkylation sites (tertiary alicyclic amines) is 1. The van der Waals surface area contributed by atoms with E-state index in [2.05, 4.69) is 6.92 Å². The number of carboxylic acids is 1. The summed E-state index contributed by atoms with van der Waals surface area (Å²) in [6.07, 6.45) is 11.5. The van der Waals surface area contributed by atoms with Crippen LogP contribution in [0.1, 0.15) is 90.4 Å². The predicted octanol–water partition coefficient (Wildman–Crippen LogP) is 2.60. The number of nitrogens with zero attached hydrogens (tertiary/aromatic N) is 1. The van der Waals surface area contributed by atoms with E-state index in [1.54, 1.807) is 0 Å². The van der Waals surface area contributed by atoms with Gasteiger partial charge in [-0.2, -0.15) is 0 Å². The van der Waals surface area contributed by atoms with Crippen molar-refractivity contribution < 1.29 is 19.5 Å². The van der Waals surface area contributed by atoms with E-state index < -0.39 is 30.0 Å². The molecule has 1 aliphatic heterocycles. The molecule has 1 aliphatic rings. The molecule has 7 nitrogen and oxygen atoms in total. The van der Waals surface area contributed by atoms with Crippen LogP contribution in [0, 0.1) is 0 Å². The number of Topliss-reactive ketones (excluding diaryl/α,β-unsaturated/α-hetero) is 1. The molecule has 0 radical (unpaired) electrons. The van der Waals surface area contributed by atoms with Crippen LogP contribution in [-0.4, -0.2) is 52.3 Å². The maximum atomic E-state index is 12.7. The number of nitrogens with two attached hydrogens (primary N) is 2. The molecule has 5 N–H and O–H groups in total. The number of carboxylic acid groups (broad SMARTS) is 1. The summed E-state index contributed by atoms with van der Waals surface area (Å²) < 4.78 is 0. The summed E-state index contributed by atoms with van der Waals surface area (Å²) in [6, 6.07) is -1.87. The van der Waals surface area contributed by atoms with Crippen molar-refractivity contribution in [2.45, 2.75) is 109 Å². The maximum absolute atomic E-state index is 12.7. The lowest BCUT2D eigenvalue weighted by Crippen LogP contribution is -2.51. The first-order valence-corrected chi connectivity index (χ1v) is 10.9. The van der Waals surface area contributed by atoms with Gasteiger partial charge in [0.2, 0.25) is 5.91 Å². The summed E-state index contributed by atoms with van der Waals surface area (Å²) in [7, 11) is 0. The molecule has 1 rings (SSSR count). The van der Waals surface area contributed by atoms with Crippen molar-refractivity contribution in [3.63, 3.8) is 0 Å². The summed E-state index contributed by atoms with van der Waals surface area (Å²) in [6.45, 7) is 2.81. The quantitative estimate of drug-likeness (QED) is 0.344. The minimum absolute atomic E-state index is 0.0697. The summed E-state index contributed by atoms with van der Waals surface area (Å²) in [5.41, 5.74) is 11.1. The van der Waals surface area contributed by atoms with Gasteiger partial charge >= 0.3 is 5.97 Å². The highest BCUT2D eigenvalue weighted by Crippen LogP contribution is 2.25. The Morgan fingerprint density at radius 3 is 2.21 bits per heavy atom. The van der Waals surface area contributed by atoms with Crippen molar-refractivity contribution in [3.05, 3.63) is 0 Å². The van der Waals surface area contributed by atoms with Crippen LogP contribution in [0.4, 0.5) is 0 Å². The largest absolute Gasteiger partial charge is 0.480 e. The molecule has 162 valence electrons. The van der Waals surface area contributed by atoms with Crippen LogP contribution in [0.25, 0.3) is 0 Å². The molecule has 1 amide bonds. The van der Waals surface area contributed by atoms with Crippen LogP contribution in [0.15, 0.2) is 0 Å². The van der Waals surface area contributed by atoms with E-state index in [4.69, 9.17) is 11.5 Å². The summed E-state index contributed by atoms with van der Waals surface area (Å²) in [5, 5.41) is 9.70. The van der Waals surface area contributed by atoms with Crippen molar-refractivity contribution in [2.75, 3.05) is 6.54 Å². The standard InChI is InChI=1S/C21H39N3O4/c1-2-3-4-5-6-7-8-9-11-18(21(27)28)24-15-10-12-17(24)20(26)16(22)13-14-19(23)25/h16-18H,2-15,22H2,1H3,(H2,23,25)(H,27,28). The normalized spacial score (nSPS) is 19.4. The third kappa shape index (κ3) is 8.69. The Balaban J connectivity index is 2.48. The van der Waals surface area contributed by atoms with Crippen molar-refractivity contribution in [1.29, 1.82) is 0 Å². The molecule has 0 aromatic rings. The fourth-order valence-corrected chi connectivity index (χ4v) is 4.06. The average molecular weight is 398 g/mol. The molecule has 1 fully saturated rings. The Labute approximate surface area is 169 Å². The topological polar surface area (TPSA) is 127 Å². The molecule has 1 saturated heterocycles. The zero-order valence-electron chi connectivity index (χ0n) is 17.4. The first-order chi connectivity index (χ1) is 13.4. The molecule has 0 saturated carbocycles. The van der Waals surface area contributed by atoms with Crippen molar-refractivity contribution in [1.82, 2.24) is 4.90 Å². The van der Waals surface area contributed by atoms with Gasteiger partial charge in [0.05, 0.1) is 12.1 Å². The minimum atomic E-state index is -0.867. The monoisotopic (exact) mass is 397 g/mol. The highest BCUT2D eigenvalue weighted by Gasteiger charge is 2.39. The summed E-state index contributed by atoms with van der Waals surface area (Å²) >= 11 is 0. The molecule has 0 spiro atoms. The van der Waals surface area contributed by atoms with Gasteiger partial charge in [0.15, 0.2) is 5.78 Å². The number of carbonyl (C=O) groups is 3. The van der Waals surface area contributed by atoms with E-state index in [-0.39, 0.29) is 18.6 Å². The lowest BCUT2D eigenvalue weighted by molar-refractivity contribution is -0.145. The van der Waals surface area contributed by atoms with Crippen LogP contribution in [-0.2, 0) is 14.4 Å². The Bertz CT molecular complexity index is 498. The Morgan fingerprint density at radius 1 is 1.04 bits per heavy atom. The fraction of sp³-hybridized carbons (Fsp3) is 0.857. The van der Waals surface area contributed by atoms with Gasteiger partial charge < -0.3 is 16.6 Å². The lowest BCUT2D eigenvalue weighted by atomic mass is 9.97. The van der Waals surface area contributed by atoms with Crippen LogP contribution >= 0.6 is 0 Å². The average Bonchev–Trinajstić information content (AvgIpc) is 3.13. The van der Waals surface area contributed by atoms with Gasteiger partial charge in [-0.05, 0) is 32.2 Å². The molecular formula is C21H39N3O4. The van der Waals surface area contributed by atoms with Crippen LogP contribution < -0.4 is 11.5 Å². The lowest BCUT2D eigenvalue weighted by Gasteiger charge is -2.31. The molecule has 7 heteroatoms. The minimum Gasteiger partial charge on any atom is -0.480 e. The highest BCUT2D eigenvalue weighted by atomic mass is 16.4. The van der Waals surface area contributed by atoms with E-state index in [1.165, 1.54) is 32.1 Å². The number of carbonyl (C=O) groups excluding carboxylic acids is 2. The second-order valence-electron chi connectivity index (χ2n) is 8.03. The first-order valence-electron chi connectivity index (χ1n) is 10.9. The van der Waals surface area contributed by atoms with E-state index in [1.807, 2.05) is 4.90 Å². The number of hydrogen-bond donors (Lipinski definition) is 3. The molecule has 1 heterocycles. The van der Waals surface area contributed by atoms with Crippen molar-refractivity contribution in [3.8, 4) is 0 Å². The number of unbranched alkanes of at least 4 members (excludes halogenated alkanes) is 7. The van der Waals surface area contributed by atoms with Crippen LogP contribution in [0.3, 0.4) is 0 Å². The van der Waals surface area contributed by atoms with Crippen molar-refractivity contribution in [2.24, 2.45) is 11.5 Å². The Morgan fingerprint density at radius 2 is 1.64 bits per heavy atom. The first kappa shape index (κ1) is 24.6. The van der Waals surface area contributed by atoms with Gasteiger partial charge in [-0.3, -0.25) is 19.3 Å². The number of amides is 1. The number of primary amides is 1. The second-order valence-corrected chi connectivity index (χ2v) is 8.03. The zero-order valence-corrected chi connectivity index (χ0v) is 17.4. The fourth-order valence-electron chi connectivity index (χ4n) is 4.06. The molecule has 0 aromatic carbocycles. The third-order valence-corrected chi connectivity index (χ3v) is 5.71. The van der Waals surface area contributed by atoms with Gasteiger partial charge in [-0.15, -0.1) is 0 Å². The molecule has 3 atom stereocenters. The maximum Gasteiger partial charge on any atom is 0.320 e. The summed E-state index contributed by atoms with van der Waals surface area (Å²) in [4.78, 5) is 37.3. The molecule has 0 aliphatic carbocycles. The van der Waals surface area contributed by atoms with Gasteiger partial charge in [0.25, 0.3) is 0 Å². The summed E-state index contributed by atoms with van der Waals surface area (Å²) in [5.74, 6) is -1.51. The third-order valence-electron chi connectivity index (χ3n) is 5.71. The molecular weight excluding hydrogens is 358 g/mol. The zero-order chi connectivity index (χ0) is 20.9. The van der Waals surface area contributed by atoms with E-state index in [0.717, 1.165) is 25.7 Å². The van der Waals surface area contributed by atoms with Gasteiger partial charge in [0, 0.05) is 6.42 Å². The molecule has 0 bridgehead atoms. The van der Waals surface area contributed by atoms with Gasteiger partial charge in [-0.25, -0.2) is 0 Å². The van der Waals surface area contributed by atoms with Gasteiger partial charge in [0.1, 0.15) is 6.04 Å². The smallest absolute Gasteiger partial charge is 0.320 e. The second kappa shape index (κ2) is 13.7. The van der Waals surface area contributed by atoms with Crippen molar-refractivity contribution >= 4 is 17.7 Å². The van der Waals surface area contributed by atoms with E-state index in [9.17, 15) is 19.5 Å².